The third-order valence-corrected chi connectivity index (χ3v) is 11.5. The predicted molar refractivity (Wildman–Crippen MR) is 207 cm³/mol. The molecule has 0 radical (unpaired) electrons. The Morgan fingerprint density at radius 3 is 1.42 bits per heavy atom. The van der Waals surface area contributed by atoms with Crippen LogP contribution in [0.25, 0.3) is 32.3 Å². The highest BCUT2D eigenvalue weighted by molar-refractivity contribution is 6.88. The monoisotopic (exact) mass is 633 g/mol. The quantitative estimate of drug-likeness (QED) is 0.129. The van der Waals surface area contributed by atoms with Crippen LogP contribution in [-0.2, 0) is 0 Å². The van der Waals surface area contributed by atoms with Gasteiger partial charge in [-0.3, -0.25) is 0 Å². The molecule has 4 heteroatoms. The number of benzene rings is 8. The van der Waals surface area contributed by atoms with E-state index in [9.17, 15) is 5.26 Å². The summed E-state index contributed by atoms with van der Waals surface area (Å²) >= 11 is 0. The van der Waals surface area contributed by atoms with Gasteiger partial charge in [0, 0.05) is 27.8 Å². The zero-order valence-corrected chi connectivity index (χ0v) is 28.4. The summed E-state index contributed by atoms with van der Waals surface area (Å²) in [6.07, 6.45) is 0. The van der Waals surface area contributed by atoms with E-state index in [-0.39, 0.29) is 0 Å². The van der Waals surface area contributed by atoms with Crippen LogP contribution < -0.4 is 15.0 Å². The highest BCUT2D eigenvalue weighted by atomic mass is 28.3. The van der Waals surface area contributed by atoms with Gasteiger partial charge in [-0.15, -0.1) is 0 Å². The number of hydrogen-bond donors (Lipinski definition) is 0. The summed E-state index contributed by atoms with van der Waals surface area (Å²) in [4.78, 5) is 4.61. The number of rotatable bonds is 7. The van der Waals surface area contributed by atoms with Crippen molar-refractivity contribution in [2.45, 2.75) is 19.6 Å². The Bertz CT molecular complexity index is 2400. The van der Waals surface area contributed by atoms with Crippen LogP contribution in [0.15, 0.2) is 158 Å². The smallest absolute Gasteiger partial charge is 0.101 e. The first-order valence-electron chi connectivity index (χ1n) is 16.4. The molecule has 0 N–H and O–H groups in total. The lowest BCUT2D eigenvalue weighted by atomic mass is 9.91. The van der Waals surface area contributed by atoms with Gasteiger partial charge in [-0.1, -0.05) is 122 Å². The largest absolute Gasteiger partial charge is 0.310 e. The van der Waals surface area contributed by atoms with Gasteiger partial charge >= 0.3 is 0 Å². The number of nitrogens with zero attached hydrogens (tertiary/aromatic N) is 3. The zero-order chi connectivity index (χ0) is 32.8. The molecular formula is C44H35N3Si. The lowest BCUT2D eigenvalue weighted by molar-refractivity contribution is 1.28. The van der Waals surface area contributed by atoms with Crippen LogP contribution in [0, 0.1) is 11.3 Å². The summed E-state index contributed by atoms with van der Waals surface area (Å²) in [7, 11) is -1.49. The maximum atomic E-state index is 10.2. The molecule has 0 fully saturated rings. The van der Waals surface area contributed by atoms with Crippen LogP contribution in [0.3, 0.4) is 0 Å². The van der Waals surface area contributed by atoms with E-state index < -0.39 is 8.07 Å². The van der Waals surface area contributed by atoms with Crippen molar-refractivity contribution in [1.82, 2.24) is 0 Å². The molecule has 0 spiro atoms. The van der Waals surface area contributed by atoms with E-state index in [4.69, 9.17) is 0 Å². The second kappa shape index (κ2) is 11.7. The molecule has 0 bridgehead atoms. The Kier molecular flexibility index (Phi) is 7.21. The molecule has 230 valence electrons. The Balaban J connectivity index is 1.40. The van der Waals surface area contributed by atoms with E-state index in [0.29, 0.717) is 5.56 Å². The minimum atomic E-state index is -1.49. The molecule has 0 aliphatic heterocycles. The molecule has 0 atom stereocenters. The third kappa shape index (κ3) is 4.97. The Morgan fingerprint density at radius 1 is 0.438 bits per heavy atom. The van der Waals surface area contributed by atoms with E-state index in [0.717, 1.165) is 39.5 Å². The van der Waals surface area contributed by atoms with E-state index in [1.54, 1.807) is 0 Å². The maximum Gasteiger partial charge on any atom is 0.101 e. The fraction of sp³-hybridized carbons (Fsp3) is 0.0682. The van der Waals surface area contributed by atoms with Crippen LogP contribution in [0.2, 0.25) is 19.6 Å². The molecular weight excluding hydrogens is 599 g/mol. The third-order valence-electron chi connectivity index (χ3n) is 9.39. The zero-order valence-electron chi connectivity index (χ0n) is 27.4. The fourth-order valence-corrected chi connectivity index (χ4v) is 8.19. The first kappa shape index (κ1) is 29.5. The van der Waals surface area contributed by atoms with Crippen molar-refractivity contribution in [2.75, 3.05) is 9.80 Å². The van der Waals surface area contributed by atoms with Gasteiger partial charge in [0.15, 0.2) is 0 Å². The predicted octanol–water partition coefficient (Wildman–Crippen LogP) is 11.9. The van der Waals surface area contributed by atoms with Gasteiger partial charge in [0.05, 0.1) is 30.7 Å². The van der Waals surface area contributed by atoms with Crippen molar-refractivity contribution >= 4 is 79.7 Å². The van der Waals surface area contributed by atoms with E-state index in [1.807, 2.05) is 18.2 Å². The van der Waals surface area contributed by atoms with Crippen molar-refractivity contribution in [3.05, 3.63) is 163 Å². The summed E-state index contributed by atoms with van der Waals surface area (Å²) in [5, 5.41) is 18.9. The van der Waals surface area contributed by atoms with Crippen molar-refractivity contribution in [3.63, 3.8) is 0 Å². The van der Waals surface area contributed by atoms with E-state index >= 15 is 0 Å². The molecule has 3 nitrogen and oxygen atoms in total. The van der Waals surface area contributed by atoms with Crippen molar-refractivity contribution in [1.29, 1.82) is 5.26 Å². The number of nitriles is 1. The van der Waals surface area contributed by atoms with E-state index in [1.165, 1.54) is 32.1 Å². The van der Waals surface area contributed by atoms with E-state index in [2.05, 4.69) is 175 Å². The SMILES string of the molecule is C[Si](C)(C)c1ccc(N(c2ccccc2C#N)c2ccc3ccc4c(N(c5ccccc5)c5ccccc5)ccc5ccc2c3c54)cc1. The lowest BCUT2D eigenvalue weighted by Gasteiger charge is -2.30. The average molecular weight is 634 g/mol. The summed E-state index contributed by atoms with van der Waals surface area (Å²) in [6.45, 7) is 7.12. The molecule has 0 aliphatic carbocycles. The van der Waals surface area contributed by atoms with Crippen molar-refractivity contribution in [3.8, 4) is 6.07 Å². The maximum absolute atomic E-state index is 10.2. The second-order valence-corrected chi connectivity index (χ2v) is 18.4. The summed E-state index contributed by atoms with van der Waals surface area (Å²) in [6, 6.07) is 58.5. The van der Waals surface area contributed by atoms with Gasteiger partial charge < -0.3 is 9.80 Å². The molecule has 0 amide bonds. The molecule has 8 aromatic carbocycles. The van der Waals surface area contributed by atoms with Crippen molar-refractivity contribution < 1.29 is 0 Å². The highest BCUT2D eigenvalue weighted by Gasteiger charge is 2.23. The standard InChI is InChI=1S/C44H35N3Si/c1-48(2,3)37-24-22-36(23-25-37)47(40-17-11-10-12-33(40)30-45)42-29-21-32-18-26-38-41(28-20-31-19-27-39(42)44(32)43(31)38)46(34-13-6-4-7-14-34)35-15-8-5-9-16-35/h4-29H,1-3H3. The molecule has 8 rings (SSSR count). The molecule has 48 heavy (non-hydrogen) atoms. The van der Waals surface area contributed by atoms with Gasteiger partial charge in [-0.05, 0) is 82.2 Å². The topological polar surface area (TPSA) is 30.3 Å². The minimum Gasteiger partial charge on any atom is -0.310 e. The van der Waals surface area contributed by atoms with Gasteiger partial charge in [0.1, 0.15) is 6.07 Å². The normalized spacial score (nSPS) is 11.6. The van der Waals surface area contributed by atoms with Crippen LogP contribution >= 0.6 is 0 Å². The number of hydrogen-bond acceptors (Lipinski definition) is 3. The first-order chi connectivity index (χ1) is 23.4. The second-order valence-electron chi connectivity index (χ2n) is 13.4. The Hall–Kier alpha value is -5.89. The van der Waals surface area contributed by atoms with Gasteiger partial charge in [0.25, 0.3) is 0 Å². The fourth-order valence-electron chi connectivity index (χ4n) is 7.02. The van der Waals surface area contributed by atoms with Crippen LogP contribution in [0.4, 0.5) is 34.1 Å². The minimum absolute atomic E-state index is 0.640. The summed E-state index contributed by atoms with van der Waals surface area (Å²) in [5.41, 5.74) is 6.95. The molecule has 0 saturated heterocycles. The Labute approximate surface area is 282 Å². The van der Waals surface area contributed by atoms with Crippen LogP contribution in [-0.4, -0.2) is 8.07 Å². The highest BCUT2D eigenvalue weighted by Crippen LogP contribution is 2.47. The van der Waals surface area contributed by atoms with Crippen LogP contribution in [0.1, 0.15) is 5.56 Å². The molecule has 0 saturated carbocycles. The lowest BCUT2D eigenvalue weighted by Crippen LogP contribution is -2.37. The van der Waals surface area contributed by atoms with Crippen LogP contribution in [0.5, 0.6) is 0 Å². The summed E-state index contributed by atoms with van der Waals surface area (Å²) in [5.74, 6) is 0. The van der Waals surface area contributed by atoms with Gasteiger partial charge in [-0.25, -0.2) is 0 Å². The number of para-hydroxylation sites is 3. The molecule has 8 aromatic rings. The molecule has 0 aliphatic rings. The van der Waals surface area contributed by atoms with Gasteiger partial charge in [-0.2, -0.15) is 5.26 Å². The van der Waals surface area contributed by atoms with Gasteiger partial charge in [0.2, 0.25) is 0 Å². The average Bonchev–Trinajstić information content (AvgIpc) is 3.13. The van der Waals surface area contributed by atoms with Crippen molar-refractivity contribution in [2.24, 2.45) is 0 Å². The molecule has 0 heterocycles. The summed E-state index contributed by atoms with van der Waals surface area (Å²) < 4.78 is 0. The molecule has 0 unspecified atom stereocenters. The molecule has 0 aromatic heterocycles. The Morgan fingerprint density at radius 2 is 0.896 bits per heavy atom. The first-order valence-corrected chi connectivity index (χ1v) is 19.9. The number of anilines is 6.